The molecule has 1 rings (SSSR count). The Labute approximate surface area is 101 Å². The van der Waals surface area contributed by atoms with Crippen molar-refractivity contribution >= 4 is 12.4 Å². The van der Waals surface area contributed by atoms with Crippen LogP contribution in [0.25, 0.3) is 0 Å². The van der Waals surface area contributed by atoms with E-state index in [1.54, 1.807) is 13.8 Å². The number of aliphatic carboxylic acids is 1. The maximum Gasteiger partial charge on any atom is 0.326 e. The Hall–Kier alpha value is -1.84. The number of carbonyl (C=O) groups is 2. The highest BCUT2D eigenvalue weighted by molar-refractivity contribution is 5.76. The van der Waals surface area contributed by atoms with Crippen LogP contribution in [0.15, 0.2) is 30.3 Å². The van der Waals surface area contributed by atoms with Crippen molar-refractivity contribution in [3.8, 4) is 0 Å². The van der Waals surface area contributed by atoms with Crippen molar-refractivity contribution in [2.45, 2.75) is 26.4 Å². The second kappa shape index (κ2) is 6.03. The summed E-state index contributed by atoms with van der Waals surface area (Å²) in [6.45, 7) is 3.90. The molecule has 1 N–H and O–H groups in total. The second-order valence-electron chi connectivity index (χ2n) is 4.29. The van der Waals surface area contributed by atoms with Crippen LogP contribution in [0.4, 0.5) is 0 Å². The molecule has 0 spiro atoms. The molecule has 0 heterocycles. The van der Waals surface area contributed by atoms with E-state index in [2.05, 4.69) is 0 Å². The van der Waals surface area contributed by atoms with E-state index in [4.69, 9.17) is 5.11 Å². The Morgan fingerprint density at radius 3 is 2.35 bits per heavy atom. The van der Waals surface area contributed by atoms with Crippen molar-refractivity contribution in [3.63, 3.8) is 0 Å². The van der Waals surface area contributed by atoms with Gasteiger partial charge in [-0.2, -0.15) is 0 Å². The summed E-state index contributed by atoms with van der Waals surface area (Å²) in [6, 6.07) is 8.57. The van der Waals surface area contributed by atoms with E-state index in [-0.39, 0.29) is 5.92 Å². The lowest BCUT2D eigenvalue weighted by atomic mass is 10.0. The van der Waals surface area contributed by atoms with Crippen molar-refractivity contribution in [2.75, 3.05) is 0 Å². The van der Waals surface area contributed by atoms with Gasteiger partial charge in [0.05, 0.1) is 0 Å². The maximum atomic E-state index is 11.1. The zero-order chi connectivity index (χ0) is 12.8. The van der Waals surface area contributed by atoms with Gasteiger partial charge >= 0.3 is 5.97 Å². The maximum absolute atomic E-state index is 11.1. The van der Waals surface area contributed by atoms with E-state index in [1.807, 2.05) is 30.3 Å². The van der Waals surface area contributed by atoms with Crippen LogP contribution in [0.5, 0.6) is 0 Å². The molecule has 0 saturated carbocycles. The number of carbonyl (C=O) groups excluding carboxylic acids is 1. The Morgan fingerprint density at radius 1 is 1.35 bits per heavy atom. The lowest BCUT2D eigenvalue weighted by Gasteiger charge is -2.27. The summed E-state index contributed by atoms with van der Waals surface area (Å²) < 4.78 is 0. The van der Waals surface area contributed by atoms with Gasteiger partial charge in [-0.15, -0.1) is 0 Å². The largest absolute Gasteiger partial charge is 0.480 e. The molecule has 1 aromatic carbocycles. The minimum absolute atomic E-state index is 0.124. The summed E-state index contributed by atoms with van der Waals surface area (Å²) >= 11 is 0. The van der Waals surface area contributed by atoms with Crippen molar-refractivity contribution in [2.24, 2.45) is 5.92 Å². The van der Waals surface area contributed by atoms with Gasteiger partial charge < -0.3 is 10.0 Å². The van der Waals surface area contributed by atoms with Crippen LogP contribution in [0.1, 0.15) is 19.4 Å². The third-order valence-electron chi connectivity index (χ3n) is 2.59. The number of amides is 1. The predicted molar refractivity (Wildman–Crippen MR) is 64.3 cm³/mol. The van der Waals surface area contributed by atoms with Gasteiger partial charge in [-0.05, 0) is 11.5 Å². The average Bonchev–Trinajstić information content (AvgIpc) is 2.28. The van der Waals surface area contributed by atoms with E-state index in [0.29, 0.717) is 13.0 Å². The first-order valence-electron chi connectivity index (χ1n) is 5.54. The fraction of sp³-hybridized carbons (Fsp3) is 0.385. The summed E-state index contributed by atoms with van der Waals surface area (Å²) in [5.41, 5.74) is 0.923. The zero-order valence-electron chi connectivity index (χ0n) is 10.0. The highest BCUT2D eigenvalue weighted by atomic mass is 16.4. The summed E-state index contributed by atoms with van der Waals surface area (Å²) in [5.74, 6) is -1.09. The fourth-order valence-electron chi connectivity index (χ4n) is 1.81. The van der Waals surface area contributed by atoms with Crippen LogP contribution in [-0.2, 0) is 16.1 Å². The summed E-state index contributed by atoms with van der Waals surface area (Å²) in [5, 5.41) is 9.12. The van der Waals surface area contributed by atoms with Crippen LogP contribution in [-0.4, -0.2) is 28.4 Å². The Morgan fingerprint density at radius 2 is 1.94 bits per heavy atom. The number of benzene rings is 1. The van der Waals surface area contributed by atoms with E-state index < -0.39 is 12.0 Å². The van der Waals surface area contributed by atoms with Crippen LogP contribution in [0.2, 0.25) is 0 Å². The number of rotatable bonds is 6. The van der Waals surface area contributed by atoms with E-state index in [9.17, 15) is 9.59 Å². The van der Waals surface area contributed by atoms with Crippen LogP contribution in [0.3, 0.4) is 0 Å². The minimum Gasteiger partial charge on any atom is -0.480 e. The van der Waals surface area contributed by atoms with Gasteiger partial charge in [-0.3, -0.25) is 4.79 Å². The molecule has 0 aromatic heterocycles. The topological polar surface area (TPSA) is 57.6 Å². The highest BCUT2D eigenvalue weighted by Crippen LogP contribution is 2.13. The van der Waals surface area contributed by atoms with Crippen molar-refractivity contribution in [1.82, 2.24) is 4.90 Å². The number of hydrogen-bond acceptors (Lipinski definition) is 2. The molecule has 0 radical (unpaired) electrons. The Bertz CT molecular complexity index is 376. The first kappa shape index (κ1) is 13.2. The lowest BCUT2D eigenvalue weighted by Crippen LogP contribution is -2.43. The Balaban J connectivity index is 2.83. The number of carboxylic acids is 1. The molecule has 1 aromatic rings. The van der Waals surface area contributed by atoms with Crippen LogP contribution < -0.4 is 0 Å². The average molecular weight is 235 g/mol. The molecule has 0 aliphatic heterocycles. The fourth-order valence-corrected chi connectivity index (χ4v) is 1.81. The molecule has 92 valence electrons. The Kier molecular flexibility index (Phi) is 4.69. The third kappa shape index (κ3) is 3.59. The molecule has 17 heavy (non-hydrogen) atoms. The predicted octanol–water partition coefficient (Wildman–Crippen LogP) is 1.75. The standard InChI is InChI=1S/C13H17NO3/c1-10(2)12(13(16)17)14(9-15)8-11-6-4-3-5-7-11/h3-7,9-10,12H,8H2,1-2H3,(H,16,17). The SMILES string of the molecule is CC(C)C(C(=O)O)N(C=O)Cc1ccccc1. The van der Waals surface area contributed by atoms with Gasteiger partial charge in [0.15, 0.2) is 0 Å². The molecule has 0 fully saturated rings. The molecule has 0 aliphatic rings. The smallest absolute Gasteiger partial charge is 0.326 e. The number of hydrogen-bond donors (Lipinski definition) is 1. The molecular weight excluding hydrogens is 218 g/mol. The monoisotopic (exact) mass is 235 g/mol. The second-order valence-corrected chi connectivity index (χ2v) is 4.29. The zero-order valence-corrected chi connectivity index (χ0v) is 10.0. The van der Waals surface area contributed by atoms with Gasteiger partial charge in [0, 0.05) is 6.54 Å². The molecule has 1 amide bonds. The van der Waals surface area contributed by atoms with Crippen molar-refractivity contribution < 1.29 is 14.7 Å². The van der Waals surface area contributed by atoms with Gasteiger partial charge in [0.25, 0.3) is 0 Å². The first-order valence-corrected chi connectivity index (χ1v) is 5.54. The molecule has 1 unspecified atom stereocenters. The van der Waals surface area contributed by atoms with E-state index in [1.165, 1.54) is 4.90 Å². The normalized spacial score (nSPS) is 12.2. The molecule has 0 bridgehead atoms. The van der Waals surface area contributed by atoms with Crippen LogP contribution in [0, 0.1) is 5.92 Å². The van der Waals surface area contributed by atoms with E-state index in [0.717, 1.165) is 5.56 Å². The van der Waals surface area contributed by atoms with E-state index >= 15 is 0 Å². The molecule has 1 atom stereocenters. The number of carboxylic acid groups (broad SMARTS) is 1. The van der Waals surface area contributed by atoms with Gasteiger partial charge in [-0.25, -0.2) is 4.79 Å². The van der Waals surface area contributed by atoms with Crippen LogP contribution >= 0.6 is 0 Å². The molecule has 0 saturated heterocycles. The number of nitrogens with zero attached hydrogens (tertiary/aromatic N) is 1. The van der Waals surface area contributed by atoms with Gasteiger partial charge in [0.1, 0.15) is 6.04 Å². The summed E-state index contributed by atoms with van der Waals surface area (Å²) in [7, 11) is 0. The molecule has 4 heteroatoms. The molecular formula is C13H17NO3. The molecule has 4 nitrogen and oxygen atoms in total. The lowest BCUT2D eigenvalue weighted by molar-refractivity contribution is -0.148. The van der Waals surface area contributed by atoms with Crippen molar-refractivity contribution in [3.05, 3.63) is 35.9 Å². The third-order valence-corrected chi connectivity index (χ3v) is 2.59. The minimum atomic E-state index is -0.969. The van der Waals surface area contributed by atoms with Gasteiger partial charge in [-0.1, -0.05) is 44.2 Å². The quantitative estimate of drug-likeness (QED) is 0.764. The van der Waals surface area contributed by atoms with Gasteiger partial charge in [0.2, 0.25) is 6.41 Å². The first-order chi connectivity index (χ1) is 8.06. The molecule has 0 aliphatic carbocycles. The summed E-state index contributed by atoms with van der Waals surface area (Å²) in [6.07, 6.45) is 0.603. The highest BCUT2D eigenvalue weighted by Gasteiger charge is 2.27. The summed E-state index contributed by atoms with van der Waals surface area (Å²) in [4.78, 5) is 23.5. The van der Waals surface area contributed by atoms with Crippen molar-refractivity contribution in [1.29, 1.82) is 0 Å².